The van der Waals surface area contributed by atoms with Crippen LogP contribution in [0, 0.1) is 13.8 Å². The Morgan fingerprint density at radius 1 is 1.26 bits per heavy atom. The third-order valence-corrected chi connectivity index (χ3v) is 7.04. The van der Waals surface area contributed by atoms with Crippen LogP contribution in [-0.2, 0) is 0 Å². The summed E-state index contributed by atoms with van der Waals surface area (Å²) in [5.41, 5.74) is 2.34. The van der Waals surface area contributed by atoms with Gasteiger partial charge in [-0.05, 0) is 44.4 Å². The number of amides is 2. The molecule has 2 bridgehead atoms. The van der Waals surface area contributed by atoms with Gasteiger partial charge in [-0.15, -0.1) is 0 Å². The van der Waals surface area contributed by atoms with Crippen molar-refractivity contribution >= 4 is 28.3 Å². The van der Waals surface area contributed by atoms with Crippen LogP contribution in [-0.4, -0.2) is 56.7 Å². The smallest absolute Gasteiger partial charge is 0.256 e. The van der Waals surface area contributed by atoms with Gasteiger partial charge in [0, 0.05) is 36.8 Å². The number of fused-ring (bicyclic) bond motifs is 3. The predicted molar refractivity (Wildman–Crippen MR) is 123 cm³/mol. The first-order valence-electron chi connectivity index (χ1n) is 11.2. The van der Waals surface area contributed by atoms with Gasteiger partial charge < -0.3 is 24.5 Å². The summed E-state index contributed by atoms with van der Waals surface area (Å²) in [4.78, 5) is 27.2. The topological polar surface area (TPSA) is 109 Å². The van der Waals surface area contributed by atoms with Gasteiger partial charge in [0.15, 0.2) is 5.75 Å². The number of rotatable bonds is 4. The standard InChI is InChI=1S/C25H24N4O5/c1-13-18(24(31)28-12-25(32)9-15(28)10-25)11-29-22(13)19(6-7-27-29)34-16-4-5-17-20(8-16)33-14(2)21(17)23(30)26-3/h4-8,11,15,32H,9-10,12H2,1-3H3,(H,26,30). The highest BCUT2D eigenvalue weighted by atomic mass is 16.5. The third kappa shape index (κ3) is 2.93. The average molecular weight is 460 g/mol. The fourth-order valence-corrected chi connectivity index (χ4v) is 5.32. The van der Waals surface area contributed by atoms with E-state index in [-0.39, 0.29) is 17.9 Å². The Balaban J connectivity index is 1.35. The largest absolute Gasteiger partial charge is 0.460 e. The van der Waals surface area contributed by atoms with Crippen molar-refractivity contribution in [3.8, 4) is 11.5 Å². The highest BCUT2D eigenvalue weighted by Gasteiger charge is 2.56. The molecule has 3 aromatic heterocycles. The normalized spacial score (nSPS) is 21.2. The molecule has 2 amide bonds. The molecule has 0 unspecified atom stereocenters. The number of aromatic nitrogens is 2. The lowest BCUT2D eigenvalue weighted by Gasteiger charge is -2.31. The van der Waals surface area contributed by atoms with E-state index in [0.717, 1.165) is 5.56 Å². The number of benzene rings is 1. The molecule has 3 fully saturated rings. The van der Waals surface area contributed by atoms with Gasteiger partial charge in [0.25, 0.3) is 11.8 Å². The van der Waals surface area contributed by atoms with Crippen LogP contribution in [0.3, 0.4) is 0 Å². The lowest BCUT2D eigenvalue weighted by atomic mass is 9.81. The van der Waals surface area contributed by atoms with E-state index in [0.29, 0.717) is 64.3 Å². The number of nitrogens with zero attached hydrogens (tertiary/aromatic N) is 3. The van der Waals surface area contributed by atoms with E-state index in [4.69, 9.17) is 9.15 Å². The van der Waals surface area contributed by atoms with Gasteiger partial charge in [0.1, 0.15) is 22.6 Å². The maximum absolute atomic E-state index is 13.2. The van der Waals surface area contributed by atoms with Gasteiger partial charge in [-0.25, -0.2) is 4.52 Å². The molecule has 5 heterocycles. The number of aliphatic hydroxyl groups is 1. The van der Waals surface area contributed by atoms with Crippen molar-refractivity contribution in [2.24, 2.45) is 0 Å². The second-order valence-corrected chi connectivity index (χ2v) is 9.25. The summed E-state index contributed by atoms with van der Waals surface area (Å²) in [5, 5.41) is 18.0. The zero-order chi connectivity index (χ0) is 23.8. The Hall–Kier alpha value is -3.85. The first kappa shape index (κ1) is 20.7. The quantitative estimate of drug-likeness (QED) is 0.484. The molecule has 34 heavy (non-hydrogen) atoms. The van der Waals surface area contributed by atoms with Crippen LogP contribution < -0.4 is 10.1 Å². The van der Waals surface area contributed by atoms with E-state index in [2.05, 4.69) is 10.4 Å². The average Bonchev–Trinajstić information content (AvgIpc) is 3.51. The predicted octanol–water partition coefficient (Wildman–Crippen LogP) is 3.20. The van der Waals surface area contributed by atoms with Gasteiger partial charge in [0.05, 0.1) is 29.5 Å². The molecular formula is C25H24N4O5. The van der Waals surface area contributed by atoms with Crippen molar-refractivity contribution in [2.45, 2.75) is 38.3 Å². The fraction of sp³-hybridized carbons (Fsp3) is 0.320. The lowest BCUT2D eigenvalue weighted by Crippen LogP contribution is -2.40. The van der Waals surface area contributed by atoms with Crippen LogP contribution in [0.15, 0.2) is 41.1 Å². The number of hydrogen-bond acceptors (Lipinski definition) is 6. The number of carbonyl (C=O) groups excluding carboxylic acids is 2. The van der Waals surface area contributed by atoms with Gasteiger partial charge in [-0.3, -0.25) is 9.59 Å². The number of ether oxygens (including phenoxy) is 1. The number of hydrogen-bond donors (Lipinski definition) is 2. The second-order valence-electron chi connectivity index (χ2n) is 9.25. The van der Waals surface area contributed by atoms with Crippen LogP contribution >= 0.6 is 0 Å². The van der Waals surface area contributed by atoms with Crippen molar-refractivity contribution in [1.29, 1.82) is 0 Å². The lowest BCUT2D eigenvalue weighted by molar-refractivity contribution is 0.00705. The van der Waals surface area contributed by atoms with Crippen LogP contribution in [0.4, 0.5) is 0 Å². The zero-order valence-electron chi connectivity index (χ0n) is 19.1. The van der Waals surface area contributed by atoms with Gasteiger partial charge in [-0.1, -0.05) is 0 Å². The summed E-state index contributed by atoms with van der Waals surface area (Å²) < 4.78 is 13.6. The van der Waals surface area contributed by atoms with Gasteiger partial charge in [-0.2, -0.15) is 5.10 Å². The number of nitrogens with one attached hydrogen (secondary N) is 1. The highest BCUT2D eigenvalue weighted by molar-refractivity contribution is 6.07. The first-order valence-corrected chi connectivity index (χ1v) is 11.2. The van der Waals surface area contributed by atoms with E-state index in [1.54, 1.807) is 60.0 Å². The van der Waals surface area contributed by atoms with Crippen LogP contribution in [0.5, 0.6) is 11.5 Å². The number of furan rings is 1. The Labute approximate surface area is 194 Å². The van der Waals surface area contributed by atoms with Crippen molar-refractivity contribution in [1.82, 2.24) is 19.8 Å². The number of aryl methyl sites for hydroxylation is 2. The molecule has 9 heteroatoms. The highest BCUT2D eigenvalue weighted by Crippen LogP contribution is 2.45. The summed E-state index contributed by atoms with van der Waals surface area (Å²) in [6.45, 7) is 4.00. The SMILES string of the molecule is CNC(=O)c1c(C)oc2cc(Oc3ccnn4cc(C(=O)N5CC6(O)CC5C6)c(C)c34)ccc12. The molecule has 2 saturated heterocycles. The minimum absolute atomic E-state index is 0.0958. The van der Waals surface area contributed by atoms with Crippen molar-refractivity contribution < 1.29 is 23.8 Å². The second kappa shape index (κ2) is 7.07. The molecule has 0 radical (unpaired) electrons. The molecule has 3 aliphatic rings. The molecule has 1 aliphatic carbocycles. The third-order valence-electron chi connectivity index (χ3n) is 7.04. The summed E-state index contributed by atoms with van der Waals surface area (Å²) >= 11 is 0. The van der Waals surface area contributed by atoms with Crippen LogP contribution in [0.2, 0.25) is 0 Å². The van der Waals surface area contributed by atoms with Crippen LogP contribution in [0.25, 0.3) is 16.5 Å². The maximum Gasteiger partial charge on any atom is 0.256 e. The summed E-state index contributed by atoms with van der Waals surface area (Å²) in [6, 6.07) is 7.18. The summed E-state index contributed by atoms with van der Waals surface area (Å²) in [6.07, 6.45) is 4.63. The first-order chi connectivity index (χ1) is 16.3. The van der Waals surface area contributed by atoms with Crippen LogP contribution in [0.1, 0.15) is 44.9 Å². The van der Waals surface area contributed by atoms with E-state index in [1.165, 1.54) is 0 Å². The molecule has 2 N–H and O–H groups in total. The Kier molecular flexibility index (Phi) is 4.31. The summed E-state index contributed by atoms with van der Waals surface area (Å²) in [7, 11) is 1.58. The molecule has 1 aromatic carbocycles. The number of carbonyl (C=O) groups is 2. The Bertz CT molecular complexity index is 1490. The molecule has 0 spiro atoms. The molecule has 174 valence electrons. The molecule has 9 nitrogen and oxygen atoms in total. The van der Waals surface area contributed by atoms with E-state index in [9.17, 15) is 14.7 Å². The van der Waals surface area contributed by atoms with Gasteiger partial charge in [0.2, 0.25) is 0 Å². The maximum atomic E-state index is 13.2. The minimum Gasteiger partial charge on any atom is -0.460 e. The zero-order valence-corrected chi connectivity index (χ0v) is 19.1. The minimum atomic E-state index is -0.722. The van der Waals surface area contributed by atoms with Gasteiger partial charge >= 0.3 is 0 Å². The molecule has 2 aliphatic heterocycles. The molecule has 7 rings (SSSR count). The van der Waals surface area contributed by atoms with Crippen molar-refractivity contribution in [2.75, 3.05) is 13.6 Å². The molecule has 4 aromatic rings. The fourth-order valence-electron chi connectivity index (χ4n) is 5.32. The monoisotopic (exact) mass is 460 g/mol. The van der Waals surface area contributed by atoms with Crippen molar-refractivity contribution in [3.05, 3.63) is 59.1 Å². The van der Waals surface area contributed by atoms with E-state index in [1.807, 2.05) is 6.92 Å². The van der Waals surface area contributed by atoms with Crippen molar-refractivity contribution in [3.63, 3.8) is 0 Å². The van der Waals surface area contributed by atoms with E-state index < -0.39 is 5.60 Å². The Morgan fingerprint density at radius 2 is 2.06 bits per heavy atom. The molecule has 0 atom stereocenters. The molecular weight excluding hydrogens is 436 g/mol. The Morgan fingerprint density at radius 3 is 2.76 bits per heavy atom. The molecule has 1 saturated carbocycles. The summed E-state index contributed by atoms with van der Waals surface area (Å²) in [5.74, 6) is 1.32. The van der Waals surface area contributed by atoms with E-state index >= 15 is 0 Å².